The third-order valence-electron chi connectivity index (χ3n) is 2.94. The molecule has 2 nitrogen and oxygen atoms in total. The maximum atomic E-state index is 5.43. The van der Waals surface area contributed by atoms with Crippen LogP contribution in [-0.4, -0.2) is 6.61 Å². The highest BCUT2D eigenvalue weighted by molar-refractivity contribution is 5.76. The van der Waals surface area contributed by atoms with E-state index in [1.54, 1.807) is 0 Å². The summed E-state index contributed by atoms with van der Waals surface area (Å²) < 4.78 is 5.43. The molecule has 0 amide bonds. The minimum Gasteiger partial charge on any atom is -0.494 e. The van der Waals surface area contributed by atoms with Gasteiger partial charge >= 0.3 is 0 Å². The van der Waals surface area contributed by atoms with E-state index in [1.165, 1.54) is 5.56 Å². The van der Waals surface area contributed by atoms with Crippen molar-refractivity contribution < 1.29 is 4.74 Å². The molecule has 0 spiro atoms. The Hall–Kier alpha value is -2.22. The van der Waals surface area contributed by atoms with E-state index in [4.69, 9.17) is 4.74 Å². The molecular weight excluding hydrogens is 258 g/mol. The van der Waals surface area contributed by atoms with E-state index in [-0.39, 0.29) is 0 Å². The van der Waals surface area contributed by atoms with Crippen LogP contribution in [0.1, 0.15) is 31.9 Å². The third-order valence-corrected chi connectivity index (χ3v) is 2.94. The SMILES string of the molecule is C=C(Nc1ccccc1C)c1ccc(OCC)cc1.CC. The Morgan fingerprint density at radius 3 is 2.24 bits per heavy atom. The van der Waals surface area contributed by atoms with Gasteiger partial charge in [0.05, 0.1) is 6.61 Å². The lowest BCUT2D eigenvalue weighted by Gasteiger charge is -2.12. The van der Waals surface area contributed by atoms with Crippen molar-refractivity contribution in [3.05, 3.63) is 66.2 Å². The van der Waals surface area contributed by atoms with Crippen LogP contribution in [0.3, 0.4) is 0 Å². The predicted molar refractivity (Wildman–Crippen MR) is 92.8 cm³/mol. The lowest BCUT2D eigenvalue weighted by Crippen LogP contribution is -1.99. The summed E-state index contributed by atoms with van der Waals surface area (Å²) in [5.41, 5.74) is 4.24. The van der Waals surface area contributed by atoms with Crippen molar-refractivity contribution in [2.24, 2.45) is 0 Å². The van der Waals surface area contributed by atoms with Crippen LogP contribution in [0.2, 0.25) is 0 Å². The van der Waals surface area contributed by atoms with E-state index in [2.05, 4.69) is 31.0 Å². The third kappa shape index (κ3) is 4.99. The summed E-state index contributed by atoms with van der Waals surface area (Å²) in [4.78, 5) is 0. The molecule has 0 aliphatic carbocycles. The summed E-state index contributed by atoms with van der Waals surface area (Å²) in [7, 11) is 0. The summed E-state index contributed by atoms with van der Waals surface area (Å²) in [6.07, 6.45) is 0. The monoisotopic (exact) mass is 283 g/mol. The standard InChI is InChI=1S/C17H19NO.C2H6/c1-4-19-16-11-9-15(10-12-16)14(3)18-17-8-6-5-7-13(17)2;1-2/h5-12,18H,3-4H2,1-2H3;1-2H3. The Morgan fingerprint density at radius 2 is 1.67 bits per heavy atom. The summed E-state index contributed by atoms with van der Waals surface area (Å²) >= 11 is 0. The minimum atomic E-state index is 0.682. The van der Waals surface area contributed by atoms with Crippen molar-refractivity contribution >= 4 is 11.4 Å². The van der Waals surface area contributed by atoms with Gasteiger partial charge in [0.1, 0.15) is 5.75 Å². The van der Waals surface area contributed by atoms with Gasteiger partial charge in [-0.05, 0) is 55.3 Å². The molecular formula is C19H25NO. The van der Waals surface area contributed by atoms with Crippen LogP contribution in [0, 0.1) is 6.92 Å². The quantitative estimate of drug-likeness (QED) is 0.782. The van der Waals surface area contributed by atoms with Gasteiger partial charge in [-0.15, -0.1) is 0 Å². The van der Waals surface area contributed by atoms with Crippen LogP contribution >= 0.6 is 0 Å². The van der Waals surface area contributed by atoms with Gasteiger partial charge in [0.15, 0.2) is 0 Å². The molecule has 1 N–H and O–H groups in total. The number of hydrogen-bond donors (Lipinski definition) is 1. The first kappa shape index (κ1) is 16.8. The van der Waals surface area contributed by atoms with Gasteiger partial charge in [0.25, 0.3) is 0 Å². The smallest absolute Gasteiger partial charge is 0.119 e. The Morgan fingerprint density at radius 1 is 1.05 bits per heavy atom. The molecule has 0 saturated carbocycles. The number of nitrogens with one attached hydrogen (secondary N) is 1. The summed E-state index contributed by atoms with van der Waals surface area (Å²) in [6.45, 7) is 12.8. The van der Waals surface area contributed by atoms with Crippen molar-refractivity contribution in [2.75, 3.05) is 11.9 Å². The van der Waals surface area contributed by atoms with Crippen molar-refractivity contribution in [1.29, 1.82) is 0 Å². The molecule has 0 atom stereocenters. The van der Waals surface area contributed by atoms with E-state index in [0.29, 0.717) is 6.61 Å². The highest BCUT2D eigenvalue weighted by Gasteiger charge is 2.02. The van der Waals surface area contributed by atoms with Crippen LogP contribution in [0.15, 0.2) is 55.1 Å². The Balaban J connectivity index is 0.00000106. The maximum Gasteiger partial charge on any atom is 0.119 e. The molecule has 0 unspecified atom stereocenters. The summed E-state index contributed by atoms with van der Waals surface area (Å²) in [6, 6.07) is 16.1. The topological polar surface area (TPSA) is 21.3 Å². The lowest BCUT2D eigenvalue weighted by molar-refractivity contribution is 0.340. The number of benzene rings is 2. The Bertz CT molecular complexity index is 558. The summed E-state index contributed by atoms with van der Waals surface area (Å²) in [5, 5.41) is 3.34. The molecule has 21 heavy (non-hydrogen) atoms. The zero-order chi connectivity index (χ0) is 15.7. The molecule has 0 aliphatic rings. The zero-order valence-electron chi connectivity index (χ0n) is 13.4. The van der Waals surface area contributed by atoms with Crippen molar-refractivity contribution in [3.8, 4) is 5.75 Å². The molecule has 0 aliphatic heterocycles. The number of ether oxygens (including phenoxy) is 1. The number of para-hydroxylation sites is 1. The second kappa shape index (κ2) is 8.85. The molecule has 0 radical (unpaired) electrons. The number of rotatable bonds is 5. The fourth-order valence-electron chi connectivity index (χ4n) is 1.87. The number of aryl methyl sites for hydroxylation is 1. The van der Waals surface area contributed by atoms with Crippen molar-refractivity contribution in [3.63, 3.8) is 0 Å². The van der Waals surface area contributed by atoms with E-state index in [9.17, 15) is 0 Å². The second-order valence-electron chi connectivity index (χ2n) is 4.38. The molecule has 2 aromatic rings. The lowest BCUT2D eigenvalue weighted by atomic mass is 10.1. The molecule has 2 heteroatoms. The van der Waals surface area contributed by atoms with Crippen LogP contribution < -0.4 is 10.1 Å². The highest BCUT2D eigenvalue weighted by Crippen LogP contribution is 2.22. The predicted octanol–water partition coefficient (Wildman–Crippen LogP) is 5.50. The molecule has 0 saturated heterocycles. The Kier molecular flexibility index (Phi) is 7.10. The molecule has 2 aromatic carbocycles. The van der Waals surface area contributed by atoms with Gasteiger partial charge in [-0.1, -0.05) is 38.6 Å². The van der Waals surface area contributed by atoms with E-state index in [1.807, 2.05) is 57.2 Å². The van der Waals surface area contributed by atoms with E-state index in [0.717, 1.165) is 22.7 Å². The normalized spacial score (nSPS) is 9.33. The minimum absolute atomic E-state index is 0.682. The first-order valence-electron chi connectivity index (χ1n) is 7.45. The van der Waals surface area contributed by atoms with Gasteiger partial charge in [-0.3, -0.25) is 0 Å². The maximum absolute atomic E-state index is 5.43. The van der Waals surface area contributed by atoms with Crippen LogP contribution in [0.5, 0.6) is 5.75 Å². The van der Waals surface area contributed by atoms with Gasteiger partial charge < -0.3 is 10.1 Å². The van der Waals surface area contributed by atoms with Gasteiger partial charge in [0.2, 0.25) is 0 Å². The fraction of sp³-hybridized carbons (Fsp3) is 0.263. The van der Waals surface area contributed by atoms with Crippen molar-refractivity contribution in [1.82, 2.24) is 0 Å². The molecule has 2 rings (SSSR count). The van der Waals surface area contributed by atoms with Gasteiger partial charge in [-0.25, -0.2) is 0 Å². The summed E-state index contributed by atoms with van der Waals surface area (Å²) in [5.74, 6) is 0.884. The average molecular weight is 283 g/mol. The first-order chi connectivity index (χ1) is 10.2. The first-order valence-corrected chi connectivity index (χ1v) is 7.45. The number of anilines is 1. The molecule has 112 valence electrons. The van der Waals surface area contributed by atoms with Crippen molar-refractivity contribution in [2.45, 2.75) is 27.7 Å². The van der Waals surface area contributed by atoms with Gasteiger partial charge in [0, 0.05) is 11.4 Å². The molecule has 0 fully saturated rings. The fourth-order valence-corrected chi connectivity index (χ4v) is 1.87. The number of hydrogen-bond acceptors (Lipinski definition) is 2. The van der Waals surface area contributed by atoms with Crippen LogP contribution in [0.4, 0.5) is 5.69 Å². The molecule has 0 bridgehead atoms. The van der Waals surface area contributed by atoms with E-state index >= 15 is 0 Å². The molecule has 0 heterocycles. The van der Waals surface area contributed by atoms with E-state index < -0.39 is 0 Å². The second-order valence-corrected chi connectivity index (χ2v) is 4.38. The highest BCUT2D eigenvalue weighted by atomic mass is 16.5. The van der Waals surface area contributed by atoms with Crippen LogP contribution in [-0.2, 0) is 0 Å². The zero-order valence-corrected chi connectivity index (χ0v) is 13.4. The largest absolute Gasteiger partial charge is 0.494 e. The average Bonchev–Trinajstić information content (AvgIpc) is 2.52. The Labute approximate surface area is 128 Å². The molecule has 0 aromatic heterocycles. The van der Waals surface area contributed by atoms with Crippen LogP contribution in [0.25, 0.3) is 5.70 Å². The van der Waals surface area contributed by atoms with Gasteiger partial charge in [-0.2, -0.15) is 0 Å².